The number of amides is 1. The Hall–Kier alpha value is -2.79. The van der Waals surface area contributed by atoms with Gasteiger partial charge in [0.05, 0.1) is 16.8 Å². The third-order valence-electron chi connectivity index (χ3n) is 4.82. The van der Waals surface area contributed by atoms with Crippen molar-refractivity contribution in [2.45, 2.75) is 12.5 Å². The van der Waals surface area contributed by atoms with E-state index in [0.717, 1.165) is 24.4 Å². The monoisotopic (exact) mass is 384 g/mol. The minimum Gasteiger partial charge on any atom is -0.467 e. The maximum atomic E-state index is 14.0. The summed E-state index contributed by atoms with van der Waals surface area (Å²) < 4.78 is 19.6. The summed E-state index contributed by atoms with van der Waals surface area (Å²) >= 11 is 6.00. The molecule has 1 amide bonds. The smallest absolute Gasteiger partial charge is 0.255 e. The quantitative estimate of drug-likeness (QED) is 0.699. The molecule has 138 valence electrons. The molecule has 6 heteroatoms. The molecule has 1 aromatic heterocycles. The fourth-order valence-electron chi connectivity index (χ4n) is 3.53. The molecule has 0 unspecified atom stereocenters. The summed E-state index contributed by atoms with van der Waals surface area (Å²) in [6.07, 6.45) is 2.54. The molecule has 1 N–H and O–H groups in total. The highest BCUT2D eigenvalue weighted by atomic mass is 35.5. The molecule has 1 aliphatic heterocycles. The van der Waals surface area contributed by atoms with Crippen LogP contribution in [0.15, 0.2) is 65.3 Å². The van der Waals surface area contributed by atoms with Crippen molar-refractivity contribution in [3.05, 3.63) is 88.6 Å². The average molecular weight is 385 g/mol. The number of nitrogens with one attached hydrogen (secondary N) is 1. The summed E-state index contributed by atoms with van der Waals surface area (Å²) in [5, 5.41) is 2.90. The first-order chi connectivity index (χ1) is 13.1. The second-order valence-corrected chi connectivity index (χ2v) is 6.82. The van der Waals surface area contributed by atoms with Crippen molar-refractivity contribution in [2.75, 3.05) is 18.0 Å². The van der Waals surface area contributed by atoms with Gasteiger partial charge in [0.2, 0.25) is 0 Å². The number of hydrogen-bond donors (Lipinski definition) is 1. The summed E-state index contributed by atoms with van der Waals surface area (Å²) in [5.41, 5.74) is 2.24. The summed E-state index contributed by atoms with van der Waals surface area (Å²) in [7, 11) is 0. The molecule has 0 saturated heterocycles. The molecule has 27 heavy (non-hydrogen) atoms. The first kappa shape index (κ1) is 17.6. The number of hydrogen-bond acceptors (Lipinski definition) is 3. The lowest BCUT2D eigenvalue weighted by Crippen LogP contribution is -2.37. The van der Waals surface area contributed by atoms with Crippen molar-refractivity contribution >= 4 is 23.2 Å². The van der Waals surface area contributed by atoms with Gasteiger partial charge in [0.25, 0.3) is 5.91 Å². The molecule has 1 atom stereocenters. The van der Waals surface area contributed by atoms with Crippen LogP contribution in [0, 0.1) is 5.82 Å². The molecule has 0 bridgehead atoms. The van der Waals surface area contributed by atoms with Gasteiger partial charge < -0.3 is 14.6 Å². The highest BCUT2D eigenvalue weighted by molar-refractivity contribution is 6.33. The molecule has 4 rings (SSSR count). The Kier molecular flexibility index (Phi) is 4.86. The topological polar surface area (TPSA) is 45.5 Å². The predicted molar refractivity (Wildman–Crippen MR) is 103 cm³/mol. The number of benzene rings is 2. The largest absolute Gasteiger partial charge is 0.467 e. The molecular formula is C21H18ClFN2O2. The Morgan fingerprint density at radius 3 is 2.81 bits per heavy atom. The zero-order valence-corrected chi connectivity index (χ0v) is 15.2. The maximum absolute atomic E-state index is 14.0. The first-order valence-corrected chi connectivity index (χ1v) is 9.13. The molecule has 0 aliphatic carbocycles. The molecule has 3 aromatic rings. The van der Waals surface area contributed by atoms with Crippen LogP contribution in [0.5, 0.6) is 0 Å². The molecule has 0 saturated carbocycles. The Labute approximate surface area is 161 Å². The zero-order valence-electron chi connectivity index (χ0n) is 14.5. The lowest BCUT2D eigenvalue weighted by molar-refractivity contribution is 0.0946. The summed E-state index contributed by atoms with van der Waals surface area (Å²) in [5.74, 6) is -0.435. The van der Waals surface area contributed by atoms with Gasteiger partial charge >= 0.3 is 0 Å². The van der Waals surface area contributed by atoms with Crippen LogP contribution in [-0.2, 0) is 6.42 Å². The number of furan rings is 1. The van der Waals surface area contributed by atoms with Crippen LogP contribution >= 0.6 is 11.6 Å². The number of carbonyl (C=O) groups excluding carboxylic acids is 1. The Morgan fingerprint density at radius 1 is 1.19 bits per heavy atom. The standard InChI is InChI=1S/C21H18ClFN2O2/c22-15-6-3-7-16(23)20(15)21(26)24-13-18(19-9-4-12-27-19)25-11-10-14-5-1-2-8-17(14)25/h1-9,12,18H,10-11,13H2,(H,24,26)/t18-/m0/s1. The molecule has 2 heterocycles. The van der Waals surface area contributed by atoms with Crippen molar-refractivity contribution in [2.24, 2.45) is 0 Å². The van der Waals surface area contributed by atoms with E-state index in [4.69, 9.17) is 16.0 Å². The van der Waals surface area contributed by atoms with Gasteiger partial charge in [-0.15, -0.1) is 0 Å². The summed E-state index contributed by atoms with van der Waals surface area (Å²) in [4.78, 5) is 14.7. The fourth-order valence-corrected chi connectivity index (χ4v) is 3.77. The van der Waals surface area contributed by atoms with Gasteiger partial charge in [0, 0.05) is 18.8 Å². The van der Waals surface area contributed by atoms with Gasteiger partial charge in [0.1, 0.15) is 17.6 Å². The molecule has 0 fully saturated rings. The fraction of sp³-hybridized carbons (Fsp3) is 0.190. The predicted octanol–water partition coefficient (Wildman–Crippen LogP) is 4.61. The first-order valence-electron chi connectivity index (χ1n) is 8.75. The van der Waals surface area contributed by atoms with Gasteiger partial charge in [-0.1, -0.05) is 35.9 Å². The third-order valence-corrected chi connectivity index (χ3v) is 5.13. The summed E-state index contributed by atoms with van der Waals surface area (Å²) in [6.45, 7) is 1.09. The van der Waals surface area contributed by atoms with Gasteiger partial charge in [-0.2, -0.15) is 0 Å². The van der Waals surface area contributed by atoms with Gasteiger partial charge in [-0.05, 0) is 42.3 Å². The molecule has 1 aliphatic rings. The van der Waals surface area contributed by atoms with Crippen molar-refractivity contribution < 1.29 is 13.6 Å². The van der Waals surface area contributed by atoms with Crippen LogP contribution in [0.1, 0.15) is 27.7 Å². The Morgan fingerprint density at radius 2 is 2.04 bits per heavy atom. The molecule has 0 spiro atoms. The zero-order chi connectivity index (χ0) is 18.8. The van der Waals surface area contributed by atoms with Crippen LogP contribution < -0.4 is 10.2 Å². The molecule has 0 radical (unpaired) electrons. The van der Waals surface area contributed by atoms with E-state index in [1.165, 1.54) is 23.8 Å². The van der Waals surface area contributed by atoms with Crippen LogP contribution in [-0.4, -0.2) is 19.0 Å². The second-order valence-electron chi connectivity index (χ2n) is 6.41. The van der Waals surface area contributed by atoms with E-state index < -0.39 is 11.7 Å². The number of carbonyl (C=O) groups is 1. The van der Waals surface area contributed by atoms with Crippen molar-refractivity contribution in [3.8, 4) is 0 Å². The molecule has 2 aromatic carbocycles. The average Bonchev–Trinajstić information content (AvgIpc) is 3.32. The Bertz CT molecular complexity index is 938. The summed E-state index contributed by atoms with van der Waals surface area (Å²) in [6, 6.07) is 15.9. The third kappa shape index (κ3) is 3.43. The number of halogens is 2. The number of nitrogens with zero attached hydrogens (tertiary/aromatic N) is 1. The number of fused-ring (bicyclic) bond motifs is 1. The van der Waals surface area contributed by atoms with Crippen molar-refractivity contribution in [1.82, 2.24) is 5.32 Å². The molecule has 4 nitrogen and oxygen atoms in total. The highest BCUT2D eigenvalue weighted by Gasteiger charge is 2.29. The van der Waals surface area contributed by atoms with Crippen LogP contribution in [0.2, 0.25) is 5.02 Å². The van der Waals surface area contributed by atoms with E-state index in [1.807, 2.05) is 24.3 Å². The normalized spacial score (nSPS) is 14.1. The van der Waals surface area contributed by atoms with E-state index in [2.05, 4.69) is 22.3 Å². The van der Waals surface area contributed by atoms with E-state index in [1.54, 1.807) is 6.26 Å². The van der Waals surface area contributed by atoms with Crippen LogP contribution in [0.4, 0.5) is 10.1 Å². The van der Waals surface area contributed by atoms with Gasteiger partial charge in [-0.25, -0.2) is 4.39 Å². The minimum absolute atomic E-state index is 0.0913. The van der Waals surface area contributed by atoms with Crippen LogP contribution in [0.3, 0.4) is 0 Å². The van der Waals surface area contributed by atoms with Gasteiger partial charge in [-0.3, -0.25) is 4.79 Å². The van der Waals surface area contributed by atoms with E-state index in [-0.39, 0.29) is 23.2 Å². The maximum Gasteiger partial charge on any atom is 0.255 e. The highest BCUT2D eigenvalue weighted by Crippen LogP contribution is 2.35. The van der Waals surface area contributed by atoms with Gasteiger partial charge in [0.15, 0.2) is 0 Å². The van der Waals surface area contributed by atoms with Crippen LogP contribution in [0.25, 0.3) is 0 Å². The van der Waals surface area contributed by atoms with E-state index in [9.17, 15) is 9.18 Å². The lowest BCUT2D eigenvalue weighted by atomic mass is 10.1. The Balaban J connectivity index is 1.58. The number of anilines is 1. The molecular weight excluding hydrogens is 367 g/mol. The second kappa shape index (κ2) is 7.45. The lowest BCUT2D eigenvalue weighted by Gasteiger charge is -2.29. The van der Waals surface area contributed by atoms with E-state index in [0.29, 0.717) is 0 Å². The number of para-hydroxylation sites is 1. The van der Waals surface area contributed by atoms with Crippen molar-refractivity contribution in [3.63, 3.8) is 0 Å². The minimum atomic E-state index is -0.638. The van der Waals surface area contributed by atoms with Crippen molar-refractivity contribution in [1.29, 1.82) is 0 Å². The number of rotatable bonds is 5. The van der Waals surface area contributed by atoms with E-state index >= 15 is 0 Å². The SMILES string of the molecule is O=C(NC[C@@H](c1ccco1)N1CCc2ccccc21)c1c(F)cccc1Cl.